The van der Waals surface area contributed by atoms with Gasteiger partial charge in [-0.3, -0.25) is 9.48 Å². The van der Waals surface area contributed by atoms with E-state index >= 15 is 0 Å². The second-order valence-corrected chi connectivity index (χ2v) is 5.39. The van der Waals surface area contributed by atoms with Gasteiger partial charge in [0.2, 0.25) is 5.91 Å². The molecule has 2 rings (SSSR count). The van der Waals surface area contributed by atoms with Crippen molar-refractivity contribution < 1.29 is 4.79 Å². The van der Waals surface area contributed by atoms with Gasteiger partial charge in [-0.1, -0.05) is 13.3 Å². The molecule has 1 aliphatic rings. The van der Waals surface area contributed by atoms with Gasteiger partial charge in [0.15, 0.2) is 0 Å². The fraction of sp³-hybridized carbons (Fsp3) is 0.692. The molecule has 1 aromatic heterocycles. The van der Waals surface area contributed by atoms with Crippen LogP contribution >= 0.6 is 0 Å². The molecular formula is C13H22N4O. The average Bonchev–Trinajstić information content (AvgIpc) is 2.84. The molecule has 18 heavy (non-hydrogen) atoms. The average molecular weight is 250 g/mol. The van der Waals surface area contributed by atoms with Crippen molar-refractivity contribution in [1.29, 1.82) is 0 Å². The van der Waals surface area contributed by atoms with Crippen molar-refractivity contribution in [3.63, 3.8) is 0 Å². The normalized spacial score (nSPS) is 27.4. The third kappa shape index (κ3) is 2.14. The summed E-state index contributed by atoms with van der Waals surface area (Å²) in [5.74, 6) is 0.0233. The Kier molecular flexibility index (Phi) is 3.43. The fourth-order valence-electron chi connectivity index (χ4n) is 2.64. The van der Waals surface area contributed by atoms with Crippen molar-refractivity contribution in [2.75, 3.05) is 5.32 Å². The van der Waals surface area contributed by atoms with Crippen molar-refractivity contribution >= 4 is 11.6 Å². The number of carbonyl (C=O) groups is 1. The Morgan fingerprint density at radius 3 is 3.00 bits per heavy atom. The number of aryl methyl sites for hydroxylation is 2. The lowest BCUT2D eigenvalue weighted by Crippen LogP contribution is -2.44. The number of nitrogens with two attached hydrogens (primary N) is 1. The van der Waals surface area contributed by atoms with E-state index in [2.05, 4.69) is 10.4 Å². The molecule has 0 radical (unpaired) electrons. The minimum Gasteiger partial charge on any atom is -0.327 e. The Bertz CT molecular complexity index is 454. The highest BCUT2D eigenvalue weighted by Gasteiger charge is 2.43. The predicted molar refractivity (Wildman–Crippen MR) is 71.1 cm³/mol. The van der Waals surface area contributed by atoms with Crippen LogP contribution in [-0.4, -0.2) is 21.7 Å². The number of nitrogens with one attached hydrogen (secondary N) is 1. The first-order valence-electron chi connectivity index (χ1n) is 6.57. The first-order valence-corrected chi connectivity index (χ1v) is 6.57. The highest BCUT2D eigenvalue weighted by molar-refractivity contribution is 5.96. The highest BCUT2D eigenvalue weighted by Crippen LogP contribution is 2.37. The van der Waals surface area contributed by atoms with Gasteiger partial charge in [0.05, 0.1) is 16.8 Å². The van der Waals surface area contributed by atoms with Crippen LogP contribution in [-0.2, 0) is 18.3 Å². The molecule has 0 aliphatic heterocycles. The van der Waals surface area contributed by atoms with Gasteiger partial charge < -0.3 is 11.1 Å². The Hall–Kier alpha value is -1.36. The van der Waals surface area contributed by atoms with Crippen molar-refractivity contribution in [3.8, 4) is 0 Å². The van der Waals surface area contributed by atoms with Crippen molar-refractivity contribution in [2.24, 2.45) is 18.2 Å². The maximum Gasteiger partial charge on any atom is 0.231 e. The molecule has 3 N–H and O–H groups in total. The number of hydrogen-bond donors (Lipinski definition) is 2. The van der Waals surface area contributed by atoms with Crippen LogP contribution < -0.4 is 11.1 Å². The number of hydrogen-bond acceptors (Lipinski definition) is 3. The molecule has 1 aromatic rings. The van der Waals surface area contributed by atoms with Crippen molar-refractivity contribution in [3.05, 3.63) is 11.9 Å². The third-order valence-corrected chi connectivity index (χ3v) is 4.04. The Labute approximate surface area is 108 Å². The number of rotatable bonds is 3. The fourth-order valence-corrected chi connectivity index (χ4v) is 2.64. The summed E-state index contributed by atoms with van der Waals surface area (Å²) >= 11 is 0. The molecule has 0 saturated heterocycles. The van der Waals surface area contributed by atoms with Gasteiger partial charge >= 0.3 is 0 Å². The summed E-state index contributed by atoms with van der Waals surface area (Å²) in [7, 11) is 1.86. The van der Waals surface area contributed by atoms with E-state index in [1.165, 1.54) is 0 Å². The molecule has 0 spiro atoms. The Morgan fingerprint density at radius 2 is 2.44 bits per heavy atom. The molecule has 5 nitrogen and oxygen atoms in total. The zero-order valence-corrected chi connectivity index (χ0v) is 11.4. The smallest absolute Gasteiger partial charge is 0.231 e. The van der Waals surface area contributed by atoms with E-state index in [0.29, 0.717) is 0 Å². The lowest BCUT2D eigenvalue weighted by atomic mass is 9.84. The van der Waals surface area contributed by atoms with Gasteiger partial charge in [-0.25, -0.2) is 0 Å². The number of anilines is 1. The Balaban J connectivity index is 2.16. The van der Waals surface area contributed by atoms with Crippen LogP contribution in [0.5, 0.6) is 0 Å². The molecule has 2 atom stereocenters. The maximum atomic E-state index is 12.4. The van der Waals surface area contributed by atoms with Gasteiger partial charge in [-0.15, -0.1) is 0 Å². The van der Waals surface area contributed by atoms with Crippen LogP contribution in [0.1, 0.15) is 38.8 Å². The number of aromatic nitrogens is 2. The van der Waals surface area contributed by atoms with Crippen molar-refractivity contribution in [1.82, 2.24) is 9.78 Å². The summed E-state index contributed by atoms with van der Waals surface area (Å²) in [5, 5.41) is 7.31. The first kappa shape index (κ1) is 13.1. The third-order valence-electron chi connectivity index (χ3n) is 4.04. The topological polar surface area (TPSA) is 72.9 Å². The van der Waals surface area contributed by atoms with Crippen LogP contribution in [0.3, 0.4) is 0 Å². The van der Waals surface area contributed by atoms with Gasteiger partial charge in [-0.05, 0) is 26.2 Å². The standard InChI is InChI=1S/C13H22N4O/c1-4-9-10(8-17(3)16-9)15-12(18)13(2)7-5-6-11(13)14/h8,11H,4-7,14H2,1-3H3,(H,15,18). The lowest BCUT2D eigenvalue weighted by Gasteiger charge is -2.27. The second-order valence-electron chi connectivity index (χ2n) is 5.39. The van der Waals surface area contributed by atoms with E-state index in [4.69, 9.17) is 5.73 Å². The van der Waals surface area contributed by atoms with Gasteiger partial charge in [0.1, 0.15) is 0 Å². The monoisotopic (exact) mass is 250 g/mol. The van der Waals surface area contributed by atoms with Gasteiger partial charge in [-0.2, -0.15) is 5.10 Å². The lowest BCUT2D eigenvalue weighted by molar-refractivity contribution is -0.125. The van der Waals surface area contributed by atoms with E-state index < -0.39 is 5.41 Å². The maximum absolute atomic E-state index is 12.4. The molecule has 2 unspecified atom stereocenters. The number of nitrogens with zero attached hydrogens (tertiary/aromatic N) is 2. The molecule has 0 aromatic carbocycles. The van der Waals surface area contributed by atoms with E-state index in [1.807, 2.05) is 27.1 Å². The summed E-state index contributed by atoms with van der Waals surface area (Å²) in [5.41, 5.74) is 7.35. The summed E-state index contributed by atoms with van der Waals surface area (Å²) in [6.45, 7) is 3.99. The second kappa shape index (κ2) is 4.72. The van der Waals surface area contributed by atoms with Crippen LogP contribution in [0.25, 0.3) is 0 Å². The highest BCUT2D eigenvalue weighted by atomic mass is 16.2. The minimum absolute atomic E-state index is 0.0233. The summed E-state index contributed by atoms with van der Waals surface area (Å²) in [6, 6.07) is -0.0424. The first-order chi connectivity index (χ1) is 8.47. The predicted octanol–water partition coefficient (Wildman–Crippen LogP) is 1.44. The molecule has 100 valence electrons. The van der Waals surface area contributed by atoms with Crippen LogP contribution in [0, 0.1) is 5.41 Å². The zero-order chi connectivity index (χ0) is 13.3. The zero-order valence-electron chi connectivity index (χ0n) is 11.4. The van der Waals surface area contributed by atoms with E-state index in [9.17, 15) is 4.79 Å². The number of carbonyl (C=O) groups excluding carboxylic acids is 1. The molecule has 1 saturated carbocycles. The summed E-state index contributed by atoms with van der Waals surface area (Å²) in [4.78, 5) is 12.4. The quantitative estimate of drug-likeness (QED) is 0.852. The van der Waals surface area contributed by atoms with Crippen LogP contribution in [0.4, 0.5) is 5.69 Å². The molecule has 1 amide bonds. The molecule has 5 heteroatoms. The largest absolute Gasteiger partial charge is 0.327 e. The van der Waals surface area contributed by atoms with Gasteiger partial charge in [0, 0.05) is 19.3 Å². The summed E-state index contributed by atoms with van der Waals surface area (Å²) in [6.07, 6.45) is 5.47. The van der Waals surface area contributed by atoms with Crippen LogP contribution in [0.2, 0.25) is 0 Å². The summed E-state index contributed by atoms with van der Waals surface area (Å²) < 4.78 is 1.73. The SMILES string of the molecule is CCc1nn(C)cc1NC(=O)C1(C)CCCC1N. The molecule has 1 aliphatic carbocycles. The van der Waals surface area contributed by atoms with E-state index in [-0.39, 0.29) is 11.9 Å². The molecular weight excluding hydrogens is 228 g/mol. The van der Waals surface area contributed by atoms with Crippen LogP contribution in [0.15, 0.2) is 6.20 Å². The number of amides is 1. The van der Waals surface area contributed by atoms with Crippen molar-refractivity contribution in [2.45, 2.75) is 45.6 Å². The van der Waals surface area contributed by atoms with Gasteiger partial charge in [0.25, 0.3) is 0 Å². The molecule has 1 fully saturated rings. The Morgan fingerprint density at radius 1 is 1.72 bits per heavy atom. The minimum atomic E-state index is -0.444. The molecule has 1 heterocycles. The molecule has 0 bridgehead atoms. The van der Waals surface area contributed by atoms with E-state index in [1.54, 1.807) is 4.68 Å². The van der Waals surface area contributed by atoms with E-state index in [0.717, 1.165) is 37.1 Å².